The van der Waals surface area contributed by atoms with Crippen LogP contribution >= 0.6 is 0 Å². The van der Waals surface area contributed by atoms with Crippen molar-refractivity contribution in [3.05, 3.63) is 47.9 Å². The molecule has 0 bridgehead atoms. The van der Waals surface area contributed by atoms with Gasteiger partial charge in [-0.2, -0.15) is 0 Å². The van der Waals surface area contributed by atoms with Crippen molar-refractivity contribution in [3.8, 4) is 17.0 Å². The molecule has 2 aromatic rings. The van der Waals surface area contributed by atoms with E-state index in [1.54, 1.807) is 49.2 Å². The lowest BCUT2D eigenvalue weighted by molar-refractivity contribution is 0.0473. The number of β-amino-alcohol motifs (C(OH)–C–C–N with tert-alkyl or cyclic N) is 1. The predicted octanol–water partition coefficient (Wildman–Crippen LogP) is 4.32. The van der Waals surface area contributed by atoms with Crippen LogP contribution in [0.15, 0.2) is 36.5 Å². The SMILES string of the molecule is CC(C)(F)CN1CCC(COc2ccc(-c3ccc(C(=O)N4CCC[C@@H](O)C4)cc3F)nc2)CC1. The summed E-state index contributed by atoms with van der Waals surface area (Å²) in [5.41, 5.74) is -0.135. The van der Waals surface area contributed by atoms with Gasteiger partial charge in [-0.05, 0) is 88.9 Å². The Kier molecular flexibility index (Phi) is 8.02. The normalized spacial score (nSPS) is 20.1. The van der Waals surface area contributed by atoms with Crippen LogP contribution in [-0.4, -0.2) is 76.9 Å². The Labute approximate surface area is 205 Å². The average Bonchev–Trinajstić information content (AvgIpc) is 2.82. The van der Waals surface area contributed by atoms with Gasteiger partial charge in [0.15, 0.2) is 0 Å². The molecule has 35 heavy (non-hydrogen) atoms. The molecule has 1 aromatic heterocycles. The molecular weight excluding hydrogens is 452 g/mol. The van der Waals surface area contributed by atoms with E-state index in [4.69, 9.17) is 4.74 Å². The minimum atomic E-state index is -1.18. The zero-order valence-electron chi connectivity index (χ0n) is 20.6. The number of alkyl halides is 1. The van der Waals surface area contributed by atoms with Crippen LogP contribution in [0, 0.1) is 11.7 Å². The average molecular weight is 488 g/mol. The van der Waals surface area contributed by atoms with Crippen molar-refractivity contribution in [2.75, 3.05) is 39.3 Å². The number of pyridine rings is 1. The van der Waals surface area contributed by atoms with Crippen molar-refractivity contribution in [2.24, 2.45) is 5.92 Å². The third-order valence-electron chi connectivity index (χ3n) is 6.70. The monoisotopic (exact) mass is 487 g/mol. The number of amides is 1. The van der Waals surface area contributed by atoms with Gasteiger partial charge in [0.25, 0.3) is 5.91 Å². The Hall–Kier alpha value is -2.58. The summed E-state index contributed by atoms with van der Waals surface area (Å²) in [4.78, 5) is 20.8. The van der Waals surface area contributed by atoms with Crippen LogP contribution in [0.2, 0.25) is 0 Å². The summed E-state index contributed by atoms with van der Waals surface area (Å²) in [6.45, 7) is 6.84. The molecule has 0 radical (unpaired) electrons. The Morgan fingerprint density at radius 1 is 1.17 bits per heavy atom. The number of benzene rings is 1. The van der Waals surface area contributed by atoms with Gasteiger partial charge in [-0.25, -0.2) is 8.78 Å². The van der Waals surface area contributed by atoms with Crippen LogP contribution in [0.3, 0.4) is 0 Å². The number of aromatic nitrogens is 1. The van der Waals surface area contributed by atoms with Crippen LogP contribution in [-0.2, 0) is 0 Å². The lowest BCUT2D eigenvalue weighted by Crippen LogP contribution is -2.42. The first-order chi connectivity index (χ1) is 16.7. The summed E-state index contributed by atoms with van der Waals surface area (Å²) in [5, 5.41) is 9.80. The topological polar surface area (TPSA) is 65.9 Å². The fraction of sp³-hybridized carbons (Fsp3) is 0.556. The summed E-state index contributed by atoms with van der Waals surface area (Å²) >= 11 is 0. The number of carbonyl (C=O) groups excluding carboxylic acids is 1. The molecular formula is C27H35F2N3O3. The summed E-state index contributed by atoms with van der Waals surface area (Å²) in [5.74, 6) is 0.247. The summed E-state index contributed by atoms with van der Waals surface area (Å²) in [7, 11) is 0. The molecule has 1 atom stereocenters. The van der Waals surface area contributed by atoms with E-state index < -0.39 is 17.6 Å². The van der Waals surface area contributed by atoms with Gasteiger partial charge < -0.3 is 19.6 Å². The lowest BCUT2D eigenvalue weighted by Gasteiger charge is -2.34. The second-order valence-electron chi connectivity index (χ2n) is 10.4. The molecule has 190 valence electrons. The molecule has 1 aromatic carbocycles. The highest BCUT2D eigenvalue weighted by molar-refractivity contribution is 5.94. The van der Waals surface area contributed by atoms with E-state index >= 15 is 0 Å². The third-order valence-corrected chi connectivity index (χ3v) is 6.70. The standard InChI is InChI=1S/C27H35F2N3O3/c1-27(2,29)18-31-12-9-19(10-13-31)17-35-22-6-8-25(30-15-22)23-7-5-20(14-24(23)28)26(34)32-11-3-4-21(33)16-32/h5-8,14-15,19,21,33H,3-4,9-13,16-18H2,1-2H3/t21-/m1/s1. The van der Waals surface area contributed by atoms with E-state index in [2.05, 4.69) is 9.88 Å². The number of rotatable bonds is 7. The zero-order valence-corrected chi connectivity index (χ0v) is 20.6. The molecule has 4 rings (SSSR count). The smallest absolute Gasteiger partial charge is 0.254 e. The highest BCUT2D eigenvalue weighted by Crippen LogP contribution is 2.26. The number of aliphatic hydroxyl groups is 1. The number of aliphatic hydroxyl groups excluding tert-OH is 1. The molecule has 0 spiro atoms. The number of ether oxygens (including phenoxy) is 1. The van der Waals surface area contributed by atoms with Gasteiger partial charge in [0.2, 0.25) is 0 Å². The maximum Gasteiger partial charge on any atom is 0.254 e. The van der Waals surface area contributed by atoms with Crippen molar-refractivity contribution < 1.29 is 23.4 Å². The Morgan fingerprint density at radius 2 is 1.94 bits per heavy atom. The molecule has 8 heteroatoms. The predicted molar refractivity (Wildman–Crippen MR) is 131 cm³/mol. The maximum absolute atomic E-state index is 14.8. The molecule has 2 aliphatic heterocycles. The summed E-state index contributed by atoms with van der Waals surface area (Å²) < 4.78 is 34.6. The molecule has 2 fully saturated rings. The van der Waals surface area contributed by atoms with Gasteiger partial charge in [-0.1, -0.05) is 0 Å². The molecule has 2 aliphatic rings. The third kappa shape index (κ3) is 6.98. The maximum atomic E-state index is 14.8. The fourth-order valence-electron chi connectivity index (χ4n) is 4.86. The number of hydrogen-bond acceptors (Lipinski definition) is 5. The molecule has 1 amide bonds. The molecule has 2 saturated heterocycles. The zero-order chi connectivity index (χ0) is 25.0. The van der Waals surface area contributed by atoms with Gasteiger partial charge in [-0.15, -0.1) is 0 Å². The quantitative estimate of drug-likeness (QED) is 0.630. The molecule has 3 heterocycles. The summed E-state index contributed by atoms with van der Waals surface area (Å²) in [6, 6.07) is 7.89. The number of likely N-dealkylation sites (tertiary alicyclic amines) is 2. The Bertz CT molecular complexity index is 1000. The van der Waals surface area contributed by atoms with Crippen LogP contribution in [0.5, 0.6) is 5.75 Å². The van der Waals surface area contributed by atoms with Crippen molar-refractivity contribution in [1.29, 1.82) is 0 Å². The molecule has 1 N–H and O–H groups in total. The first kappa shape index (κ1) is 25.5. The van der Waals surface area contributed by atoms with Crippen LogP contribution in [0.1, 0.15) is 49.9 Å². The van der Waals surface area contributed by atoms with E-state index in [1.165, 1.54) is 6.07 Å². The highest BCUT2D eigenvalue weighted by atomic mass is 19.1. The number of carbonyl (C=O) groups is 1. The van der Waals surface area contributed by atoms with Gasteiger partial charge >= 0.3 is 0 Å². The van der Waals surface area contributed by atoms with Crippen molar-refractivity contribution in [1.82, 2.24) is 14.8 Å². The molecule has 0 aliphatic carbocycles. The van der Waals surface area contributed by atoms with Gasteiger partial charge in [0, 0.05) is 30.8 Å². The minimum Gasteiger partial charge on any atom is -0.492 e. The van der Waals surface area contributed by atoms with Crippen molar-refractivity contribution in [3.63, 3.8) is 0 Å². The minimum absolute atomic E-state index is 0.265. The second-order valence-corrected chi connectivity index (χ2v) is 10.4. The van der Waals surface area contributed by atoms with Gasteiger partial charge in [-0.3, -0.25) is 9.78 Å². The molecule has 6 nitrogen and oxygen atoms in total. The number of nitrogens with zero attached hydrogens (tertiary/aromatic N) is 3. The number of hydrogen-bond donors (Lipinski definition) is 1. The second kappa shape index (κ2) is 11.0. The Balaban J connectivity index is 1.30. The largest absolute Gasteiger partial charge is 0.492 e. The van der Waals surface area contributed by atoms with E-state index in [1.807, 2.05) is 0 Å². The number of halogens is 2. The van der Waals surface area contributed by atoms with E-state index in [0.717, 1.165) is 32.4 Å². The first-order valence-electron chi connectivity index (χ1n) is 12.5. The van der Waals surface area contributed by atoms with Gasteiger partial charge in [0.05, 0.1) is 24.6 Å². The van der Waals surface area contributed by atoms with E-state index in [9.17, 15) is 18.7 Å². The van der Waals surface area contributed by atoms with E-state index in [0.29, 0.717) is 49.0 Å². The Morgan fingerprint density at radius 3 is 2.57 bits per heavy atom. The van der Waals surface area contributed by atoms with Crippen LogP contribution in [0.25, 0.3) is 11.3 Å². The molecule has 0 saturated carbocycles. The lowest BCUT2D eigenvalue weighted by atomic mass is 9.97. The van der Waals surface area contributed by atoms with Crippen LogP contribution < -0.4 is 4.74 Å². The number of piperidine rings is 2. The fourth-order valence-corrected chi connectivity index (χ4v) is 4.86. The van der Waals surface area contributed by atoms with Crippen molar-refractivity contribution >= 4 is 5.91 Å². The first-order valence-corrected chi connectivity index (χ1v) is 12.5. The van der Waals surface area contributed by atoms with Crippen molar-refractivity contribution in [2.45, 2.75) is 51.3 Å². The van der Waals surface area contributed by atoms with Crippen LogP contribution in [0.4, 0.5) is 8.78 Å². The van der Waals surface area contributed by atoms with E-state index in [-0.39, 0.29) is 18.0 Å². The molecule has 0 unspecified atom stereocenters. The van der Waals surface area contributed by atoms with Gasteiger partial charge in [0.1, 0.15) is 17.2 Å². The summed E-state index contributed by atoms with van der Waals surface area (Å²) in [6.07, 6.45) is 4.42. The highest BCUT2D eigenvalue weighted by Gasteiger charge is 2.26.